The molecule has 0 amide bonds. The fourth-order valence-corrected chi connectivity index (χ4v) is 4.59. The molecule has 0 aliphatic heterocycles. The van der Waals surface area contributed by atoms with Crippen molar-refractivity contribution in [3.8, 4) is 0 Å². The second kappa shape index (κ2) is 15.4. The van der Waals surface area contributed by atoms with Crippen LogP contribution in [-0.4, -0.2) is 30.0 Å². The van der Waals surface area contributed by atoms with Gasteiger partial charge < -0.3 is 5.11 Å². The maximum absolute atomic E-state index is 12.1. The second-order valence-corrected chi connectivity index (χ2v) is 11.1. The van der Waals surface area contributed by atoms with Gasteiger partial charge in [0.2, 0.25) is 0 Å². The van der Waals surface area contributed by atoms with Crippen molar-refractivity contribution in [2.75, 3.05) is 5.75 Å². The molecular weight excluding hydrogens is 360 g/mol. The predicted octanol–water partition coefficient (Wildman–Crippen LogP) is 6.53. The first kappa shape index (κ1) is 26.4. The number of sulfone groups is 1. The molecular formula is C22H44O4S. The van der Waals surface area contributed by atoms with Crippen LogP contribution in [0.25, 0.3) is 0 Å². The molecule has 0 heterocycles. The lowest BCUT2D eigenvalue weighted by molar-refractivity contribution is -0.139. The molecule has 0 unspecified atom stereocenters. The highest BCUT2D eigenvalue weighted by atomic mass is 32.2. The third-order valence-electron chi connectivity index (χ3n) is 5.56. The van der Waals surface area contributed by atoms with E-state index in [-0.39, 0.29) is 5.75 Å². The molecule has 0 saturated carbocycles. The molecule has 0 saturated heterocycles. The van der Waals surface area contributed by atoms with Crippen LogP contribution in [0.3, 0.4) is 0 Å². The summed E-state index contributed by atoms with van der Waals surface area (Å²) in [6.07, 6.45) is 19.9. The Bertz CT molecular complexity index is 469. The van der Waals surface area contributed by atoms with E-state index in [1.54, 1.807) is 0 Å². The molecule has 4 nitrogen and oxygen atoms in total. The van der Waals surface area contributed by atoms with E-state index in [4.69, 9.17) is 5.11 Å². The zero-order valence-electron chi connectivity index (χ0n) is 18.1. The van der Waals surface area contributed by atoms with Crippen molar-refractivity contribution in [2.24, 2.45) is 0 Å². The summed E-state index contributed by atoms with van der Waals surface area (Å²) in [5.74, 6) is -1.29. The van der Waals surface area contributed by atoms with Gasteiger partial charge in [-0.05, 0) is 20.3 Å². The van der Waals surface area contributed by atoms with Crippen molar-refractivity contribution in [1.82, 2.24) is 0 Å². The Morgan fingerprint density at radius 3 is 1.26 bits per heavy atom. The van der Waals surface area contributed by atoms with Crippen LogP contribution in [0.2, 0.25) is 0 Å². The molecule has 0 radical (unpaired) electrons. The molecule has 0 atom stereocenters. The molecule has 0 rings (SSSR count). The lowest BCUT2D eigenvalue weighted by Crippen LogP contribution is -2.41. The maximum Gasteiger partial charge on any atom is 0.324 e. The van der Waals surface area contributed by atoms with Crippen molar-refractivity contribution >= 4 is 15.8 Å². The third kappa shape index (κ3) is 12.5. The third-order valence-corrected chi connectivity index (χ3v) is 8.11. The van der Waals surface area contributed by atoms with Crippen LogP contribution < -0.4 is 0 Å². The molecule has 0 aromatic carbocycles. The van der Waals surface area contributed by atoms with Gasteiger partial charge in [0.25, 0.3) is 0 Å². The van der Waals surface area contributed by atoms with Crippen molar-refractivity contribution < 1.29 is 18.3 Å². The highest BCUT2D eigenvalue weighted by Crippen LogP contribution is 2.20. The molecule has 5 heteroatoms. The van der Waals surface area contributed by atoms with Crippen molar-refractivity contribution in [2.45, 2.75) is 128 Å². The van der Waals surface area contributed by atoms with Gasteiger partial charge in [-0.2, -0.15) is 0 Å². The molecule has 0 fully saturated rings. The monoisotopic (exact) mass is 404 g/mol. The standard InChI is InChI=1S/C22H44O4S/c1-4-5-6-7-8-9-10-11-12-13-14-15-16-17-18-19-20-27(25,26)22(2,3)21(23)24/h4-20H2,1-3H3,(H,23,24). The van der Waals surface area contributed by atoms with Crippen LogP contribution in [0, 0.1) is 0 Å². The van der Waals surface area contributed by atoms with Gasteiger partial charge in [-0.15, -0.1) is 0 Å². The maximum atomic E-state index is 12.1. The Morgan fingerprint density at radius 1 is 0.667 bits per heavy atom. The normalized spacial score (nSPS) is 12.4. The minimum atomic E-state index is -3.58. The molecule has 162 valence electrons. The quantitative estimate of drug-likeness (QED) is 0.249. The largest absolute Gasteiger partial charge is 0.480 e. The Morgan fingerprint density at radius 2 is 0.963 bits per heavy atom. The molecule has 0 aromatic heterocycles. The van der Waals surface area contributed by atoms with E-state index >= 15 is 0 Å². The van der Waals surface area contributed by atoms with E-state index < -0.39 is 20.6 Å². The van der Waals surface area contributed by atoms with Gasteiger partial charge in [0, 0.05) is 0 Å². The summed E-state index contributed by atoms with van der Waals surface area (Å²) < 4.78 is 22.4. The highest BCUT2D eigenvalue weighted by Gasteiger charge is 2.41. The zero-order valence-corrected chi connectivity index (χ0v) is 18.9. The van der Waals surface area contributed by atoms with Gasteiger partial charge in [0.1, 0.15) is 0 Å². The van der Waals surface area contributed by atoms with Crippen molar-refractivity contribution in [3.63, 3.8) is 0 Å². The van der Waals surface area contributed by atoms with Crippen molar-refractivity contribution in [1.29, 1.82) is 0 Å². The summed E-state index contributed by atoms with van der Waals surface area (Å²) in [6, 6.07) is 0. The Hall–Kier alpha value is -0.580. The Labute approximate surface area is 168 Å². The molecule has 0 spiro atoms. The van der Waals surface area contributed by atoms with E-state index in [1.165, 1.54) is 90.9 Å². The van der Waals surface area contributed by atoms with Gasteiger partial charge in [-0.25, -0.2) is 8.42 Å². The minimum Gasteiger partial charge on any atom is -0.480 e. The topological polar surface area (TPSA) is 71.4 Å². The summed E-state index contributed by atoms with van der Waals surface area (Å²) in [7, 11) is -3.58. The number of aliphatic carboxylic acids is 1. The molecule has 0 aromatic rings. The Balaban J connectivity index is 3.43. The number of carboxylic acids is 1. The molecule has 0 bridgehead atoms. The zero-order chi connectivity index (χ0) is 20.6. The van der Waals surface area contributed by atoms with Crippen molar-refractivity contribution in [3.05, 3.63) is 0 Å². The summed E-state index contributed by atoms with van der Waals surface area (Å²) in [5.41, 5.74) is 0. The van der Waals surface area contributed by atoms with E-state index in [9.17, 15) is 13.2 Å². The average Bonchev–Trinajstić information content (AvgIpc) is 2.61. The van der Waals surface area contributed by atoms with Gasteiger partial charge in [-0.1, -0.05) is 103 Å². The minimum absolute atomic E-state index is 0.0231. The Kier molecular flexibility index (Phi) is 15.0. The molecule has 0 aliphatic rings. The average molecular weight is 405 g/mol. The first-order valence-electron chi connectivity index (χ1n) is 11.2. The molecule has 1 N–H and O–H groups in total. The SMILES string of the molecule is CCCCCCCCCCCCCCCCCCS(=O)(=O)C(C)(C)C(=O)O. The van der Waals surface area contributed by atoms with Crippen LogP contribution in [0.4, 0.5) is 0 Å². The van der Waals surface area contributed by atoms with Gasteiger partial charge >= 0.3 is 5.97 Å². The van der Waals surface area contributed by atoms with E-state index in [0.29, 0.717) is 6.42 Å². The number of hydrogen-bond acceptors (Lipinski definition) is 3. The van der Waals surface area contributed by atoms with E-state index in [0.717, 1.165) is 19.3 Å². The number of carbonyl (C=O) groups is 1. The van der Waals surface area contributed by atoms with Crippen LogP contribution >= 0.6 is 0 Å². The summed E-state index contributed by atoms with van der Waals surface area (Å²) in [4.78, 5) is 11.1. The first-order chi connectivity index (χ1) is 12.8. The van der Waals surface area contributed by atoms with Crippen LogP contribution in [-0.2, 0) is 14.6 Å². The molecule has 0 aliphatic carbocycles. The fraction of sp³-hybridized carbons (Fsp3) is 0.955. The first-order valence-corrected chi connectivity index (χ1v) is 12.9. The van der Waals surface area contributed by atoms with Crippen LogP contribution in [0.5, 0.6) is 0 Å². The summed E-state index contributed by atoms with van der Waals surface area (Å²) in [6.45, 7) is 4.81. The van der Waals surface area contributed by atoms with E-state index in [1.807, 2.05) is 0 Å². The number of unbranched alkanes of at least 4 members (excludes halogenated alkanes) is 15. The smallest absolute Gasteiger partial charge is 0.324 e. The molecule has 27 heavy (non-hydrogen) atoms. The fourth-order valence-electron chi connectivity index (χ4n) is 3.23. The van der Waals surface area contributed by atoms with Gasteiger partial charge in [0.05, 0.1) is 5.75 Å². The highest BCUT2D eigenvalue weighted by molar-refractivity contribution is 7.93. The second-order valence-electron chi connectivity index (χ2n) is 8.44. The number of hydrogen-bond donors (Lipinski definition) is 1. The van der Waals surface area contributed by atoms with Gasteiger partial charge in [-0.3, -0.25) is 4.79 Å². The summed E-state index contributed by atoms with van der Waals surface area (Å²) >= 11 is 0. The van der Waals surface area contributed by atoms with Gasteiger partial charge in [0.15, 0.2) is 14.6 Å². The lowest BCUT2D eigenvalue weighted by atomic mass is 10.0. The van der Waals surface area contributed by atoms with Crippen LogP contribution in [0.15, 0.2) is 0 Å². The van der Waals surface area contributed by atoms with Crippen LogP contribution in [0.1, 0.15) is 124 Å². The number of rotatable bonds is 19. The summed E-state index contributed by atoms with van der Waals surface area (Å²) in [5, 5.41) is 9.03. The van der Waals surface area contributed by atoms with E-state index in [2.05, 4.69) is 6.92 Å². The lowest BCUT2D eigenvalue weighted by Gasteiger charge is -2.19. The number of carboxylic acid groups (broad SMARTS) is 1. The predicted molar refractivity (Wildman–Crippen MR) is 115 cm³/mol.